The zero-order valence-electron chi connectivity index (χ0n) is 19.6. The highest BCUT2D eigenvalue weighted by atomic mass is 35.5. The van der Waals surface area contributed by atoms with Crippen molar-refractivity contribution in [3.8, 4) is 0 Å². The van der Waals surface area contributed by atoms with Crippen LogP contribution in [0.15, 0.2) is 54.6 Å². The lowest BCUT2D eigenvalue weighted by Gasteiger charge is -2.43. The Kier molecular flexibility index (Phi) is 7.07. The van der Waals surface area contributed by atoms with Gasteiger partial charge in [-0.25, -0.2) is 4.79 Å². The van der Waals surface area contributed by atoms with E-state index >= 15 is 0 Å². The van der Waals surface area contributed by atoms with Crippen molar-refractivity contribution in [2.24, 2.45) is 5.92 Å². The predicted molar refractivity (Wildman–Crippen MR) is 132 cm³/mol. The number of carbonyl (C=O) groups excluding carboxylic acids is 3. The van der Waals surface area contributed by atoms with Crippen molar-refractivity contribution < 1.29 is 19.1 Å². The fourth-order valence-corrected chi connectivity index (χ4v) is 5.82. The standard InChI is InChI=1S/C27H30ClN3O4/c28-21-12-6-4-10-19(21)16-29-23(32)17-31-24-20-11-5-7-13-22(20)35-25(24)26(33)30(27(31)34)15-14-18-8-2-1-3-9-18/h1-4,6,8-10,12,20,22,24-25H,5,7,11,13-17H2,(H,29,32). The summed E-state index contributed by atoms with van der Waals surface area (Å²) >= 11 is 6.22. The van der Waals surface area contributed by atoms with Crippen molar-refractivity contribution in [2.45, 2.75) is 56.9 Å². The van der Waals surface area contributed by atoms with Crippen LogP contribution in [-0.2, 0) is 27.3 Å². The molecule has 3 aliphatic rings. The van der Waals surface area contributed by atoms with Crippen molar-refractivity contribution in [1.82, 2.24) is 15.1 Å². The molecule has 0 aromatic heterocycles. The van der Waals surface area contributed by atoms with E-state index in [4.69, 9.17) is 16.3 Å². The average Bonchev–Trinajstić information content (AvgIpc) is 3.26. The van der Waals surface area contributed by atoms with Crippen molar-refractivity contribution in [3.63, 3.8) is 0 Å². The third-order valence-corrected chi connectivity index (χ3v) is 7.75. The Morgan fingerprint density at radius 3 is 2.57 bits per heavy atom. The first-order valence-electron chi connectivity index (χ1n) is 12.3. The van der Waals surface area contributed by atoms with Crippen LogP contribution in [0.1, 0.15) is 36.8 Å². The lowest BCUT2D eigenvalue weighted by molar-refractivity contribution is -0.147. The van der Waals surface area contributed by atoms with Crippen molar-refractivity contribution >= 4 is 29.4 Å². The molecule has 2 heterocycles. The van der Waals surface area contributed by atoms with Gasteiger partial charge in [0.2, 0.25) is 5.91 Å². The van der Waals surface area contributed by atoms with Gasteiger partial charge in [0.25, 0.3) is 5.91 Å². The van der Waals surface area contributed by atoms with Gasteiger partial charge in [0.1, 0.15) is 6.54 Å². The number of imide groups is 1. The first kappa shape index (κ1) is 23.8. The van der Waals surface area contributed by atoms with Crippen molar-refractivity contribution in [2.75, 3.05) is 13.1 Å². The molecule has 8 heteroatoms. The highest BCUT2D eigenvalue weighted by molar-refractivity contribution is 6.31. The molecule has 2 aliphatic heterocycles. The summed E-state index contributed by atoms with van der Waals surface area (Å²) in [6.45, 7) is 0.404. The number of urea groups is 1. The lowest BCUT2D eigenvalue weighted by Crippen LogP contribution is -2.65. The first-order chi connectivity index (χ1) is 17.0. The SMILES string of the molecule is O=C(CN1C(=O)N(CCc2ccccc2)C(=O)C2OC3CCCCC3C21)NCc1ccccc1Cl. The molecular weight excluding hydrogens is 466 g/mol. The quantitative estimate of drug-likeness (QED) is 0.634. The summed E-state index contributed by atoms with van der Waals surface area (Å²) in [6, 6.07) is 16.3. The van der Waals surface area contributed by atoms with E-state index in [1.165, 1.54) is 4.90 Å². The molecule has 35 heavy (non-hydrogen) atoms. The minimum atomic E-state index is -0.715. The Bertz CT molecular complexity index is 1090. The molecule has 2 aromatic rings. The van der Waals surface area contributed by atoms with Crippen LogP contribution in [0, 0.1) is 5.92 Å². The van der Waals surface area contributed by atoms with Gasteiger partial charge in [0.15, 0.2) is 6.10 Å². The number of amides is 4. The molecule has 0 radical (unpaired) electrons. The number of benzene rings is 2. The van der Waals surface area contributed by atoms with Crippen LogP contribution in [0.2, 0.25) is 5.02 Å². The molecular formula is C27H30ClN3O4. The molecule has 0 spiro atoms. The fourth-order valence-electron chi connectivity index (χ4n) is 5.62. The highest BCUT2D eigenvalue weighted by Crippen LogP contribution is 2.42. The molecule has 4 unspecified atom stereocenters. The number of halogens is 1. The lowest BCUT2D eigenvalue weighted by atomic mass is 9.81. The van der Waals surface area contributed by atoms with Crippen LogP contribution >= 0.6 is 11.6 Å². The molecule has 2 aromatic carbocycles. The highest BCUT2D eigenvalue weighted by Gasteiger charge is 2.57. The number of hydrogen-bond acceptors (Lipinski definition) is 4. The minimum Gasteiger partial charge on any atom is -0.363 e. The number of nitrogens with one attached hydrogen (secondary N) is 1. The van der Waals surface area contributed by atoms with Crippen LogP contribution in [0.4, 0.5) is 4.79 Å². The summed E-state index contributed by atoms with van der Waals surface area (Å²) in [4.78, 5) is 42.8. The van der Waals surface area contributed by atoms with E-state index in [0.29, 0.717) is 11.4 Å². The number of ether oxygens (including phenoxy) is 1. The Hall–Kier alpha value is -2.90. The first-order valence-corrected chi connectivity index (χ1v) is 12.7. The molecule has 7 nitrogen and oxygen atoms in total. The maximum Gasteiger partial charge on any atom is 0.327 e. The number of rotatable bonds is 7. The van der Waals surface area contributed by atoms with Crippen molar-refractivity contribution in [1.29, 1.82) is 0 Å². The third kappa shape index (κ3) is 4.93. The molecule has 2 saturated heterocycles. The topological polar surface area (TPSA) is 79.0 Å². The summed E-state index contributed by atoms with van der Waals surface area (Å²) in [5, 5.41) is 3.46. The maximum atomic E-state index is 13.6. The maximum absolute atomic E-state index is 13.6. The monoisotopic (exact) mass is 495 g/mol. The second-order valence-corrected chi connectivity index (χ2v) is 9.95. The summed E-state index contributed by atoms with van der Waals surface area (Å²) in [5.74, 6) is -0.485. The van der Waals surface area contributed by atoms with E-state index in [0.717, 1.165) is 36.8 Å². The molecule has 184 valence electrons. The predicted octanol–water partition coefficient (Wildman–Crippen LogP) is 3.79. The van der Waals surface area contributed by atoms with E-state index in [-0.39, 0.29) is 43.5 Å². The van der Waals surface area contributed by atoms with Gasteiger partial charge in [0.05, 0.1) is 12.1 Å². The van der Waals surface area contributed by atoms with Crippen LogP contribution in [0.3, 0.4) is 0 Å². The van der Waals surface area contributed by atoms with Gasteiger partial charge in [-0.3, -0.25) is 14.5 Å². The Labute approximate surface area is 210 Å². The number of hydrogen-bond donors (Lipinski definition) is 1. The minimum absolute atomic E-state index is 0.0433. The normalized spacial score (nSPS) is 25.9. The van der Waals surface area contributed by atoms with Gasteiger partial charge in [0, 0.05) is 24.0 Å². The molecule has 5 rings (SSSR count). The van der Waals surface area contributed by atoms with Gasteiger partial charge in [-0.05, 0) is 36.5 Å². The van der Waals surface area contributed by atoms with Gasteiger partial charge in [-0.2, -0.15) is 0 Å². The third-order valence-electron chi connectivity index (χ3n) is 7.38. The average molecular weight is 496 g/mol. The van der Waals surface area contributed by atoms with Gasteiger partial charge in [-0.15, -0.1) is 0 Å². The molecule has 0 bridgehead atoms. The van der Waals surface area contributed by atoms with E-state index < -0.39 is 18.2 Å². The Morgan fingerprint density at radius 2 is 1.77 bits per heavy atom. The second-order valence-electron chi connectivity index (χ2n) is 9.54. The zero-order valence-corrected chi connectivity index (χ0v) is 20.3. The smallest absolute Gasteiger partial charge is 0.327 e. The summed E-state index contributed by atoms with van der Waals surface area (Å²) in [5.41, 5.74) is 1.85. The summed E-state index contributed by atoms with van der Waals surface area (Å²) in [7, 11) is 0. The molecule has 1 N–H and O–H groups in total. The fraction of sp³-hybridized carbons (Fsp3) is 0.444. The van der Waals surface area contributed by atoms with Crippen LogP contribution in [-0.4, -0.2) is 59.0 Å². The largest absolute Gasteiger partial charge is 0.363 e. The molecule has 3 fully saturated rings. The van der Waals surface area contributed by atoms with E-state index in [2.05, 4.69) is 5.32 Å². The number of carbonyl (C=O) groups is 3. The van der Waals surface area contributed by atoms with Gasteiger partial charge < -0.3 is 15.0 Å². The Morgan fingerprint density at radius 1 is 1.03 bits per heavy atom. The number of nitrogens with zero attached hydrogens (tertiary/aromatic N) is 2. The summed E-state index contributed by atoms with van der Waals surface area (Å²) in [6.07, 6.45) is 3.67. The molecule has 1 aliphatic carbocycles. The van der Waals surface area contributed by atoms with Gasteiger partial charge >= 0.3 is 6.03 Å². The van der Waals surface area contributed by atoms with E-state index in [9.17, 15) is 14.4 Å². The van der Waals surface area contributed by atoms with Crippen LogP contribution in [0.5, 0.6) is 0 Å². The van der Waals surface area contributed by atoms with Crippen LogP contribution in [0.25, 0.3) is 0 Å². The van der Waals surface area contributed by atoms with Crippen molar-refractivity contribution in [3.05, 3.63) is 70.7 Å². The molecule has 1 saturated carbocycles. The zero-order chi connectivity index (χ0) is 24.4. The van der Waals surface area contributed by atoms with Crippen LogP contribution < -0.4 is 5.32 Å². The van der Waals surface area contributed by atoms with E-state index in [1.54, 1.807) is 11.0 Å². The second kappa shape index (κ2) is 10.4. The molecule has 4 atom stereocenters. The summed E-state index contributed by atoms with van der Waals surface area (Å²) < 4.78 is 6.23. The number of fused-ring (bicyclic) bond motifs is 3. The molecule has 4 amide bonds. The van der Waals surface area contributed by atoms with Gasteiger partial charge in [-0.1, -0.05) is 73.0 Å². The van der Waals surface area contributed by atoms with E-state index in [1.807, 2.05) is 48.5 Å². The Balaban J connectivity index is 1.33.